The molecule has 10 atom stereocenters. The van der Waals surface area contributed by atoms with Gasteiger partial charge in [-0.2, -0.15) is 0 Å². The van der Waals surface area contributed by atoms with Crippen molar-refractivity contribution in [1.29, 1.82) is 0 Å². The molecule has 10 amide bonds. The minimum atomic E-state index is -1.65. The lowest BCUT2D eigenvalue weighted by atomic mass is 9.85. The van der Waals surface area contributed by atoms with Gasteiger partial charge in [0.1, 0.15) is 35.3 Å². The van der Waals surface area contributed by atoms with Gasteiger partial charge in [0.25, 0.3) is 11.8 Å². The average molecular weight is 1240 g/mol. The summed E-state index contributed by atoms with van der Waals surface area (Å²) < 4.78 is 0. The number of phenolic OH excluding ortho intramolecular Hbond substituents is 1. The van der Waals surface area contributed by atoms with Crippen molar-refractivity contribution < 1.29 is 83.4 Å². The van der Waals surface area contributed by atoms with E-state index in [2.05, 4.69) is 41.8 Å². The zero-order chi connectivity index (χ0) is 62.5. The van der Waals surface area contributed by atoms with Crippen LogP contribution in [0.5, 0.6) is 5.75 Å². The van der Waals surface area contributed by atoms with Crippen LogP contribution in [-0.2, 0) is 75.7 Å². The first-order valence-electron chi connectivity index (χ1n) is 29.3. The van der Waals surface area contributed by atoms with Crippen molar-refractivity contribution >= 4 is 99.0 Å². The van der Waals surface area contributed by atoms with Crippen LogP contribution in [0.1, 0.15) is 84.1 Å². The van der Waals surface area contributed by atoms with Gasteiger partial charge in [-0.05, 0) is 37.3 Å². The van der Waals surface area contributed by atoms with Crippen LogP contribution in [0.2, 0.25) is 0 Å². The Labute approximate surface area is 506 Å². The Balaban J connectivity index is 0.0000121. The van der Waals surface area contributed by atoms with Crippen LogP contribution in [0.4, 0.5) is 5.69 Å². The number of phenols is 1. The molecule has 0 radical (unpaired) electrons. The van der Waals surface area contributed by atoms with Crippen LogP contribution in [0, 0.1) is 23.7 Å². The number of piperazine rings is 1. The van der Waals surface area contributed by atoms with E-state index in [9.17, 15) is 78.0 Å². The molecule has 2 fully saturated rings. The number of nitrogens with zero attached hydrogens (tertiary/aromatic N) is 4. The molecular weight excluding hydrogens is 1160 g/mol. The largest absolute Gasteiger partial charge is 0.870 e. The second kappa shape index (κ2) is 31.4. The van der Waals surface area contributed by atoms with Gasteiger partial charge in [0.2, 0.25) is 52.3 Å². The minimum Gasteiger partial charge on any atom is -0.870 e. The number of imide groups is 1. The summed E-state index contributed by atoms with van der Waals surface area (Å²) in [5.74, 6) is -13.5. The van der Waals surface area contributed by atoms with Crippen molar-refractivity contribution in [1.82, 2.24) is 51.6 Å². The monoisotopic (exact) mass is 1240 g/mol. The standard InChI is InChI=1S/C57H80N12O16S.H2O/c1-4-30(2)49-55(84)61-25-45(78)62-37-29-86-56-36(35-9-10-39(72)52(51(35)65-56)67-18-16-66(17-19-67)15-13-59-44(77)8-6-5-7-14-68-47(80)11-12-48(68)81)20-32(53(82)60-26-46(79)63-49)21-41(74)50(31(3)42(75)28-70)64-54(83)38-24-34(71)27-69(38)57(85)33(22-40(37)73)23-43(58)76;/h9-12,30-34,37-38,42,49-50,65,70-72,75H,4-8,13-29H2,1-3H3,(H2,58,76)(H,59,77)(H,60,82)(H,61,84)(H,62,78)(H,63,79)(H,64,83);1H2/t30-,31-,32-,33-,34+,37-,38-,42-,49-,50-;/m0./s1. The van der Waals surface area contributed by atoms with E-state index in [-0.39, 0.29) is 72.3 Å². The number of thiol groups is 1. The van der Waals surface area contributed by atoms with Gasteiger partial charge in [0.15, 0.2) is 11.6 Å². The van der Waals surface area contributed by atoms with Gasteiger partial charge in [-0.25, -0.2) is 0 Å². The molecule has 5 aliphatic heterocycles. The number of ketones is 2. The van der Waals surface area contributed by atoms with Gasteiger partial charge in [-0.1, -0.05) is 33.6 Å². The summed E-state index contributed by atoms with van der Waals surface area (Å²) in [5, 5.41) is 60.5. The number of benzene rings is 1. The number of aromatic amines is 1. The third-order valence-electron chi connectivity index (χ3n) is 16.8. The minimum absolute atomic E-state index is 0. The Morgan fingerprint density at radius 1 is 0.816 bits per heavy atom. The number of nitrogens with two attached hydrogens (primary N) is 1. The average Bonchev–Trinajstić information content (AvgIpc) is 1.82. The number of fused-ring (bicyclic) bond motifs is 5. The molecule has 87 heavy (non-hydrogen) atoms. The van der Waals surface area contributed by atoms with Crippen LogP contribution in [0.25, 0.3) is 10.9 Å². The molecule has 0 aliphatic carbocycles. The van der Waals surface area contributed by atoms with E-state index in [1.54, 1.807) is 19.9 Å². The quantitative estimate of drug-likeness (QED) is 0.0310. The topological polar surface area (TPSA) is 443 Å². The molecule has 7 rings (SSSR count). The second-order valence-corrected chi connectivity index (χ2v) is 24.0. The van der Waals surface area contributed by atoms with Crippen LogP contribution in [-0.4, -0.2) is 230 Å². The fourth-order valence-corrected chi connectivity index (χ4v) is 12.8. The van der Waals surface area contributed by atoms with E-state index in [1.165, 1.54) is 30.0 Å². The number of aromatic hydroxyl groups is 1. The van der Waals surface area contributed by atoms with Crippen LogP contribution in [0.3, 0.4) is 0 Å². The van der Waals surface area contributed by atoms with Gasteiger partial charge in [-0.3, -0.25) is 67.3 Å². The number of carbonyl (C=O) groups is 12. The molecule has 2 saturated heterocycles. The van der Waals surface area contributed by atoms with Gasteiger partial charge >= 0.3 is 0 Å². The SMILES string of the molecule is CC[C@H](C)[C@@H]1NC(=O)CNC(=O)[C@@H]2CC(=O)[C@H]([C@@H](C)[C@@H](O)CO)NC(=O)[C@@H]3C[C@@H](O)CN3C(=O)[C@H](CC(N)=O)CC(=O)[C@H](C[SH+]c3[nH]c4c(N5CCN(CCNC(=O)CCCCCN6C(=O)C=CC6=O)CC5)c(O)ccc4c3C2)NC(=O)CNC1=O.[OH-]. The molecule has 1 aromatic heterocycles. The number of nitrogens with one attached hydrogen (secondary N) is 7. The fraction of sp³-hybridized carbons (Fsp3) is 0.614. The van der Waals surface area contributed by atoms with Gasteiger partial charge in [0.05, 0.1) is 49.4 Å². The normalized spacial score (nSPS) is 25.4. The molecular formula is C57H82N12O17S. The number of amides is 10. The number of aromatic nitrogens is 1. The molecule has 2 aromatic rings. The molecule has 14 N–H and O–H groups in total. The predicted molar refractivity (Wildman–Crippen MR) is 313 cm³/mol. The lowest BCUT2D eigenvalue weighted by molar-refractivity contribution is -0.145. The Morgan fingerprint density at radius 2 is 1.49 bits per heavy atom. The molecule has 1 aromatic carbocycles. The first-order chi connectivity index (χ1) is 41.0. The Hall–Kier alpha value is -7.51. The highest BCUT2D eigenvalue weighted by Crippen LogP contribution is 2.40. The third-order valence-corrected chi connectivity index (χ3v) is 18.0. The zero-order valence-corrected chi connectivity index (χ0v) is 50.0. The maximum absolute atomic E-state index is 15.0. The Bertz CT molecular complexity index is 2930. The number of rotatable bonds is 17. The van der Waals surface area contributed by atoms with E-state index in [4.69, 9.17) is 5.73 Å². The van der Waals surface area contributed by atoms with Crippen molar-refractivity contribution in [2.45, 2.75) is 126 Å². The number of carbonyl (C=O) groups excluding carboxylic acids is 12. The first kappa shape index (κ1) is 68.6. The summed E-state index contributed by atoms with van der Waals surface area (Å²) in [4.78, 5) is 174. The number of H-pyrrole nitrogens is 1. The van der Waals surface area contributed by atoms with Crippen LogP contribution < -0.4 is 42.5 Å². The summed E-state index contributed by atoms with van der Waals surface area (Å²) in [6.45, 7) is 5.16. The molecule has 5 aliphatic rings. The van der Waals surface area contributed by atoms with E-state index in [1.807, 2.05) is 4.90 Å². The number of hydrogen-bond acceptors (Lipinski definition) is 19. The number of hydrogen-bond donors (Lipinski definition) is 12. The highest BCUT2D eigenvalue weighted by atomic mass is 32.2. The highest BCUT2D eigenvalue weighted by molar-refractivity contribution is 7.78. The molecule has 6 heterocycles. The molecule has 0 spiro atoms. The van der Waals surface area contributed by atoms with E-state index in [0.29, 0.717) is 92.1 Å². The smallest absolute Gasteiger partial charge is 0.253 e. The lowest BCUT2D eigenvalue weighted by Crippen LogP contribution is -2.56. The first-order valence-corrected chi connectivity index (χ1v) is 30.4. The molecule has 29 nitrogen and oxygen atoms in total. The van der Waals surface area contributed by atoms with Crippen LogP contribution in [0.15, 0.2) is 29.3 Å². The molecule has 0 unspecified atom stereocenters. The van der Waals surface area contributed by atoms with Crippen LogP contribution >= 0.6 is 0 Å². The summed E-state index contributed by atoms with van der Waals surface area (Å²) in [7, 11) is 0. The Morgan fingerprint density at radius 3 is 2.16 bits per heavy atom. The summed E-state index contributed by atoms with van der Waals surface area (Å²) in [6, 6.07) is -2.72. The van der Waals surface area contributed by atoms with Gasteiger partial charge in [-0.15, -0.1) is 0 Å². The van der Waals surface area contributed by atoms with Gasteiger partial charge < -0.3 is 78.3 Å². The van der Waals surface area contributed by atoms with Crippen molar-refractivity contribution in [3.05, 3.63) is 29.8 Å². The highest BCUT2D eigenvalue weighted by Gasteiger charge is 2.45. The maximum atomic E-state index is 15.0. The summed E-state index contributed by atoms with van der Waals surface area (Å²) >= 11 is 0.279. The number of primary amides is 1. The van der Waals surface area contributed by atoms with Crippen molar-refractivity contribution in [3.8, 4) is 5.75 Å². The number of unbranched alkanes of at least 4 members (excludes halogenated alkanes) is 2. The Kier molecular flexibility index (Phi) is 24.8. The second-order valence-electron chi connectivity index (χ2n) is 22.9. The zero-order valence-electron chi connectivity index (χ0n) is 49.1. The summed E-state index contributed by atoms with van der Waals surface area (Å²) in [5.41, 5.74) is 6.84. The molecule has 0 saturated carbocycles. The number of anilines is 1. The number of Topliss-reactive ketones (excluding diaryl/α,β-unsaturated/α-hetero) is 2. The molecule has 2 bridgehead atoms. The number of aliphatic hydroxyl groups excluding tert-OH is 3. The lowest BCUT2D eigenvalue weighted by Gasteiger charge is -2.36. The van der Waals surface area contributed by atoms with Gasteiger partial charge in [0, 0.05) is 131 Å². The van der Waals surface area contributed by atoms with Crippen molar-refractivity contribution in [2.75, 3.05) is 82.7 Å². The van der Waals surface area contributed by atoms with E-state index >= 15 is 0 Å². The number of aliphatic hydroxyl groups is 3. The van der Waals surface area contributed by atoms with E-state index < -0.39 is 158 Å². The summed E-state index contributed by atoms with van der Waals surface area (Å²) in [6.07, 6.45) is -0.681. The maximum Gasteiger partial charge on any atom is 0.253 e. The van der Waals surface area contributed by atoms with E-state index in [0.717, 1.165) is 4.90 Å². The molecule has 30 heteroatoms. The third kappa shape index (κ3) is 17.6. The van der Waals surface area contributed by atoms with Crippen molar-refractivity contribution in [2.24, 2.45) is 29.4 Å². The van der Waals surface area contributed by atoms with Crippen molar-refractivity contribution in [3.63, 3.8) is 0 Å². The fourth-order valence-electron chi connectivity index (χ4n) is 11.6. The predicted octanol–water partition coefficient (Wildman–Crippen LogP) is -4.13. The molecule has 478 valence electrons.